The van der Waals surface area contributed by atoms with Gasteiger partial charge in [-0.1, -0.05) is 0 Å². The average Bonchev–Trinajstić information content (AvgIpc) is 2.99. The summed E-state index contributed by atoms with van der Waals surface area (Å²) in [6, 6.07) is 6.09. The van der Waals surface area contributed by atoms with Crippen LogP contribution in [0.4, 0.5) is 5.69 Å². The molecule has 0 aliphatic carbocycles. The maximum atomic E-state index is 8.00. The van der Waals surface area contributed by atoms with Crippen LogP contribution in [0.25, 0.3) is 0 Å². The summed E-state index contributed by atoms with van der Waals surface area (Å²) < 4.78 is 11.4. The lowest BCUT2D eigenvalue weighted by Crippen LogP contribution is -2.40. The summed E-state index contributed by atoms with van der Waals surface area (Å²) in [4.78, 5) is 2.27. The number of nitrogens with one attached hydrogen (secondary N) is 2. The van der Waals surface area contributed by atoms with Crippen molar-refractivity contribution in [1.82, 2.24) is 5.32 Å². The summed E-state index contributed by atoms with van der Waals surface area (Å²) in [7, 11) is 0. The first-order valence-corrected chi connectivity index (χ1v) is 6.74. The van der Waals surface area contributed by atoms with E-state index in [1.165, 1.54) is 0 Å². The molecule has 1 spiro atoms. The van der Waals surface area contributed by atoms with E-state index in [-0.39, 0.29) is 0 Å². The molecular formula is C14H19N3O2. The van der Waals surface area contributed by atoms with Gasteiger partial charge in [0.1, 0.15) is 5.84 Å². The molecule has 5 nitrogen and oxygen atoms in total. The SMILES string of the molecule is CCN(CC)c1ccc2c(c1)C1(NC2=N)OCCO1. The molecule has 0 radical (unpaired) electrons. The first-order valence-electron chi connectivity index (χ1n) is 6.74. The smallest absolute Gasteiger partial charge is 0.279 e. The zero-order valence-corrected chi connectivity index (χ0v) is 11.3. The number of hydrogen-bond donors (Lipinski definition) is 2. The highest BCUT2D eigenvalue weighted by Gasteiger charge is 2.47. The van der Waals surface area contributed by atoms with Crippen LogP contribution in [0.15, 0.2) is 18.2 Å². The van der Waals surface area contributed by atoms with Gasteiger partial charge in [0.2, 0.25) is 0 Å². The van der Waals surface area contributed by atoms with Crippen LogP contribution < -0.4 is 10.2 Å². The Labute approximate surface area is 113 Å². The van der Waals surface area contributed by atoms with E-state index < -0.39 is 5.91 Å². The molecule has 0 atom stereocenters. The summed E-state index contributed by atoms with van der Waals surface area (Å²) in [6.45, 7) is 7.28. The van der Waals surface area contributed by atoms with Crippen molar-refractivity contribution in [1.29, 1.82) is 5.41 Å². The molecule has 1 fully saturated rings. The largest absolute Gasteiger partial charge is 0.372 e. The van der Waals surface area contributed by atoms with Gasteiger partial charge in [-0.25, -0.2) is 0 Å². The Morgan fingerprint density at radius 2 is 1.95 bits per heavy atom. The van der Waals surface area contributed by atoms with Crippen LogP contribution in [-0.4, -0.2) is 32.1 Å². The third-order valence-electron chi connectivity index (χ3n) is 3.74. The van der Waals surface area contributed by atoms with E-state index in [1.807, 2.05) is 6.07 Å². The highest BCUT2D eigenvalue weighted by molar-refractivity contribution is 6.01. The number of benzene rings is 1. The minimum Gasteiger partial charge on any atom is -0.372 e. The molecule has 0 amide bonds. The molecule has 2 N–H and O–H groups in total. The fourth-order valence-corrected chi connectivity index (χ4v) is 2.75. The van der Waals surface area contributed by atoms with Crippen LogP contribution in [0, 0.1) is 5.41 Å². The molecule has 5 heteroatoms. The summed E-state index contributed by atoms with van der Waals surface area (Å²) in [5.41, 5.74) is 2.91. The highest BCUT2D eigenvalue weighted by atomic mass is 16.8. The van der Waals surface area contributed by atoms with E-state index in [1.54, 1.807) is 0 Å². The van der Waals surface area contributed by atoms with Gasteiger partial charge in [0.25, 0.3) is 5.91 Å². The second-order valence-corrected chi connectivity index (χ2v) is 4.72. The lowest BCUT2D eigenvalue weighted by atomic mass is 10.1. The molecule has 0 unspecified atom stereocenters. The van der Waals surface area contributed by atoms with Gasteiger partial charge < -0.3 is 19.7 Å². The standard InChI is InChI=1S/C14H19N3O2/c1-3-17(4-2)10-5-6-11-12(9-10)14(16-13(11)15)18-7-8-19-14/h5-6,9H,3-4,7-8H2,1-2H3,(H2,15,16). The number of rotatable bonds is 3. The molecule has 102 valence electrons. The quantitative estimate of drug-likeness (QED) is 0.868. The van der Waals surface area contributed by atoms with E-state index in [0.717, 1.165) is 29.9 Å². The second kappa shape index (κ2) is 4.51. The third-order valence-corrected chi connectivity index (χ3v) is 3.74. The molecule has 0 bridgehead atoms. The van der Waals surface area contributed by atoms with E-state index in [0.29, 0.717) is 19.0 Å². The molecule has 2 heterocycles. The van der Waals surface area contributed by atoms with Crippen molar-refractivity contribution in [3.63, 3.8) is 0 Å². The fourth-order valence-electron chi connectivity index (χ4n) is 2.75. The number of ether oxygens (including phenoxy) is 2. The van der Waals surface area contributed by atoms with Crippen molar-refractivity contribution in [3.05, 3.63) is 29.3 Å². The Kier molecular flexibility index (Phi) is 2.95. The minimum absolute atomic E-state index is 0.364. The molecule has 1 aromatic carbocycles. The number of nitrogens with zero attached hydrogens (tertiary/aromatic N) is 1. The van der Waals surface area contributed by atoms with Gasteiger partial charge in [-0.15, -0.1) is 0 Å². The van der Waals surface area contributed by atoms with Crippen molar-refractivity contribution >= 4 is 11.5 Å². The first-order chi connectivity index (χ1) is 9.20. The first kappa shape index (κ1) is 12.4. The van der Waals surface area contributed by atoms with Crippen molar-refractivity contribution in [3.8, 4) is 0 Å². The van der Waals surface area contributed by atoms with Gasteiger partial charge in [0.05, 0.1) is 13.2 Å². The summed E-state index contributed by atoms with van der Waals surface area (Å²) in [5.74, 6) is -0.571. The van der Waals surface area contributed by atoms with Crippen molar-refractivity contribution < 1.29 is 9.47 Å². The normalized spacial score (nSPS) is 19.6. The van der Waals surface area contributed by atoms with Crippen LogP contribution >= 0.6 is 0 Å². The number of amidine groups is 1. The van der Waals surface area contributed by atoms with Gasteiger partial charge in [-0.3, -0.25) is 5.41 Å². The number of hydrogen-bond acceptors (Lipinski definition) is 4. The van der Waals surface area contributed by atoms with E-state index in [2.05, 4.69) is 36.2 Å². The Morgan fingerprint density at radius 1 is 1.26 bits per heavy atom. The molecule has 3 rings (SSSR count). The predicted molar refractivity (Wildman–Crippen MR) is 73.5 cm³/mol. The van der Waals surface area contributed by atoms with Gasteiger partial charge >= 0.3 is 0 Å². The average molecular weight is 261 g/mol. The zero-order chi connectivity index (χ0) is 13.5. The molecule has 2 aliphatic heterocycles. The number of fused-ring (bicyclic) bond motifs is 2. The molecular weight excluding hydrogens is 242 g/mol. The Morgan fingerprint density at radius 3 is 2.58 bits per heavy atom. The van der Waals surface area contributed by atoms with Crippen LogP contribution in [0.1, 0.15) is 25.0 Å². The molecule has 19 heavy (non-hydrogen) atoms. The van der Waals surface area contributed by atoms with Crippen molar-refractivity contribution in [2.75, 3.05) is 31.2 Å². The van der Waals surface area contributed by atoms with Crippen LogP contribution in [0.3, 0.4) is 0 Å². The van der Waals surface area contributed by atoms with Crippen LogP contribution in [0.2, 0.25) is 0 Å². The Hall–Kier alpha value is -1.59. The second-order valence-electron chi connectivity index (χ2n) is 4.72. The van der Waals surface area contributed by atoms with Crippen molar-refractivity contribution in [2.45, 2.75) is 19.8 Å². The predicted octanol–water partition coefficient (Wildman–Crippen LogP) is 1.62. The van der Waals surface area contributed by atoms with E-state index >= 15 is 0 Å². The van der Waals surface area contributed by atoms with Gasteiger partial charge in [0, 0.05) is 29.9 Å². The molecule has 0 saturated carbocycles. The Balaban J connectivity index is 2.05. The van der Waals surface area contributed by atoms with Crippen LogP contribution in [-0.2, 0) is 15.4 Å². The van der Waals surface area contributed by atoms with Gasteiger partial charge in [-0.2, -0.15) is 0 Å². The molecule has 1 aromatic rings. The zero-order valence-electron chi connectivity index (χ0n) is 11.3. The maximum absolute atomic E-state index is 8.00. The van der Waals surface area contributed by atoms with E-state index in [4.69, 9.17) is 14.9 Å². The lowest BCUT2D eigenvalue weighted by molar-refractivity contribution is -0.173. The summed E-state index contributed by atoms with van der Waals surface area (Å²) in [6.07, 6.45) is 0. The Bertz CT molecular complexity index is 505. The van der Waals surface area contributed by atoms with Crippen LogP contribution in [0.5, 0.6) is 0 Å². The maximum Gasteiger partial charge on any atom is 0.279 e. The van der Waals surface area contributed by atoms with Gasteiger partial charge in [-0.05, 0) is 32.0 Å². The molecule has 2 aliphatic rings. The molecule has 1 saturated heterocycles. The van der Waals surface area contributed by atoms with E-state index in [9.17, 15) is 0 Å². The molecule has 0 aromatic heterocycles. The van der Waals surface area contributed by atoms with Gasteiger partial charge in [0.15, 0.2) is 0 Å². The monoisotopic (exact) mass is 261 g/mol. The minimum atomic E-state index is -0.935. The lowest BCUT2D eigenvalue weighted by Gasteiger charge is -2.25. The topological polar surface area (TPSA) is 57.6 Å². The summed E-state index contributed by atoms with van der Waals surface area (Å²) >= 11 is 0. The summed E-state index contributed by atoms with van der Waals surface area (Å²) in [5, 5.41) is 11.0. The third kappa shape index (κ3) is 1.81. The number of anilines is 1. The fraction of sp³-hybridized carbons (Fsp3) is 0.500. The van der Waals surface area contributed by atoms with Crippen molar-refractivity contribution in [2.24, 2.45) is 0 Å². The highest BCUT2D eigenvalue weighted by Crippen LogP contribution is 2.38.